The minimum absolute atomic E-state index is 0.0439. The molecule has 5 rings (SSSR count). The van der Waals surface area contributed by atoms with Crippen molar-refractivity contribution in [3.63, 3.8) is 0 Å². The zero-order valence-corrected chi connectivity index (χ0v) is 38.7. The lowest BCUT2D eigenvalue weighted by atomic mass is 9.43. The summed E-state index contributed by atoms with van der Waals surface area (Å²) in [4.78, 5) is 85.0. The van der Waals surface area contributed by atoms with Crippen molar-refractivity contribution in [2.75, 3.05) is 6.61 Å². The summed E-state index contributed by atoms with van der Waals surface area (Å²) in [6, 6.07) is 0. The van der Waals surface area contributed by atoms with E-state index in [9.17, 15) is 113 Å². The van der Waals surface area contributed by atoms with E-state index in [-0.39, 0.29) is 51.4 Å². The van der Waals surface area contributed by atoms with Gasteiger partial charge in [-0.05, 0) is 98.2 Å². The molecule has 428 valence electrons. The molecule has 0 aromatic carbocycles. The van der Waals surface area contributed by atoms with E-state index >= 15 is 0 Å². The second-order valence-electron chi connectivity index (χ2n) is 19.4. The van der Waals surface area contributed by atoms with E-state index in [4.69, 9.17) is 14.2 Å². The summed E-state index contributed by atoms with van der Waals surface area (Å²) < 4.78 is 276. The molecule has 0 N–H and O–H groups in total. The fourth-order valence-electron chi connectivity index (χ4n) is 11.8. The SMILES string of the molecule is C[C@H](CCC(=O)O[C@H]1O[C@H](COC(=O)C(F)(F)F)[C@H](OC(=O)C(F)(F)F)[C@H](OC(=O)C(F)(F)F)[C@H]1OC(=O)C(F)(F)F)[C@H]1CCC2C3C(CC[C@@]21C)[C@@]1(C)CC[C@@H](OC(=O)C(F)(F)F)CC1C[C@H]3OC(=O)C(F)(F)F. The van der Waals surface area contributed by atoms with E-state index in [0.29, 0.717) is 6.42 Å². The number of rotatable bonds is 12. The van der Waals surface area contributed by atoms with Gasteiger partial charge in [0.1, 0.15) is 24.9 Å². The Morgan fingerprint density at radius 1 is 0.520 bits per heavy atom. The number of fused-ring (bicyclic) bond motifs is 5. The minimum atomic E-state index is -6.24. The van der Waals surface area contributed by atoms with Crippen molar-refractivity contribution in [2.24, 2.45) is 46.3 Å². The number of halogens is 18. The third kappa shape index (κ3) is 13.8. The first-order valence-corrected chi connectivity index (χ1v) is 22.5. The molecule has 0 aromatic rings. The normalized spacial score (nSPS) is 33.8. The summed E-state index contributed by atoms with van der Waals surface area (Å²) in [5.41, 5.74) is -1.64. The van der Waals surface area contributed by atoms with Crippen LogP contribution in [0, 0.1) is 46.3 Å². The van der Waals surface area contributed by atoms with E-state index in [1.165, 1.54) is 0 Å². The quantitative estimate of drug-likeness (QED) is 0.103. The number of carbonyl (C=O) groups is 7. The van der Waals surface area contributed by atoms with Crippen LogP contribution in [0.2, 0.25) is 0 Å². The Bertz CT molecular complexity index is 2160. The van der Waals surface area contributed by atoms with Crippen molar-refractivity contribution in [3.8, 4) is 0 Å². The van der Waals surface area contributed by atoms with Crippen molar-refractivity contribution in [2.45, 2.75) is 165 Å². The van der Waals surface area contributed by atoms with E-state index in [1.54, 1.807) is 20.8 Å². The zero-order chi connectivity index (χ0) is 57.0. The Labute approximate surface area is 410 Å². The number of alkyl halides is 18. The molecule has 1 saturated heterocycles. The number of hydrogen-bond acceptors (Lipinski definition) is 15. The third-order valence-electron chi connectivity index (χ3n) is 15.0. The van der Waals surface area contributed by atoms with Crippen LogP contribution >= 0.6 is 0 Å². The Morgan fingerprint density at radius 2 is 0.973 bits per heavy atom. The van der Waals surface area contributed by atoms with Crippen LogP contribution in [0.4, 0.5) is 79.0 Å². The Kier molecular flexibility index (Phi) is 17.4. The van der Waals surface area contributed by atoms with Crippen LogP contribution in [0.15, 0.2) is 0 Å². The summed E-state index contributed by atoms with van der Waals surface area (Å²) in [6.07, 6.45) is -55.6. The summed E-state index contributed by atoms with van der Waals surface area (Å²) in [5.74, 6) is -24.1. The van der Waals surface area contributed by atoms with Crippen molar-refractivity contribution in [3.05, 3.63) is 0 Å². The maximum atomic E-state index is 13.7. The second kappa shape index (κ2) is 21.4. The molecular weight excluding hydrogens is 1090 g/mol. The summed E-state index contributed by atoms with van der Waals surface area (Å²) in [6.45, 7) is 2.94. The average Bonchev–Trinajstić information content (AvgIpc) is 3.62. The molecule has 15 nitrogen and oxygen atoms in total. The minimum Gasteiger partial charge on any atom is -0.456 e. The molecule has 1 aliphatic heterocycles. The van der Waals surface area contributed by atoms with Crippen LogP contribution < -0.4 is 0 Å². The van der Waals surface area contributed by atoms with Crippen molar-refractivity contribution < 1.29 is 150 Å². The summed E-state index contributed by atoms with van der Waals surface area (Å²) in [5, 5.41) is 0. The molecule has 5 fully saturated rings. The third-order valence-corrected chi connectivity index (χ3v) is 15.0. The highest BCUT2D eigenvalue weighted by atomic mass is 19.4. The van der Waals surface area contributed by atoms with E-state index in [2.05, 4.69) is 23.7 Å². The molecule has 4 aliphatic carbocycles. The van der Waals surface area contributed by atoms with Gasteiger partial charge in [0.05, 0.1) is 0 Å². The molecule has 1 heterocycles. The Morgan fingerprint density at radius 3 is 1.49 bits per heavy atom. The topological polar surface area (TPSA) is 193 Å². The van der Waals surface area contributed by atoms with E-state index < -0.39 is 181 Å². The summed E-state index contributed by atoms with van der Waals surface area (Å²) in [7, 11) is 0. The highest BCUT2D eigenvalue weighted by molar-refractivity contribution is 5.79. The first-order chi connectivity index (χ1) is 34.0. The molecule has 0 aromatic heterocycles. The second-order valence-corrected chi connectivity index (χ2v) is 19.4. The number of carbonyl (C=O) groups excluding carboxylic acids is 7. The van der Waals surface area contributed by atoms with Gasteiger partial charge < -0.3 is 37.9 Å². The van der Waals surface area contributed by atoms with Gasteiger partial charge in [0.15, 0.2) is 12.2 Å². The number of hydrogen-bond donors (Lipinski definition) is 0. The van der Waals surface area contributed by atoms with Crippen LogP contribution in [-0.2, 0) is 71.5 Å². The van der Waals surface area contributed by atoms with Crippen LogP contribution in [0.25, 0.3) is 0 Å². The fraction of sp³-hybridized carbons (Fsp3) is 0.833. The lowest BCUT2D eigenvalue weighted by molar-refractivity contribution is -0.315. The molecule has 4 unspecified atom stereocenters. The molecule has 0 radical (unpaired) electrons. The van der Waals surface area contributed by atoms with Crippen molar-refractivity contribution in [1.29, 1.82) is 0 Å². The highest BCUT2D eigenvalue weighted by Crippen LogP contribution is 2.69. The molecular formula is C42H44F18O15. The predicted molar refractivity (Wildman–Crippen MR) is 200 cm³/mol. The monoisotopic (exact) mass is 1130 g/mol. The van der Waals surface area contributed by atoms with Gasteiger partial charge in [-0.2, -0.15) is 79.0 Å². The van der Waals surface area contributed by atoms with Gasteiger partial charge in [0.25, 0.3) is 0 Å². The summed E-state index contributed by atoms with van der Waals surface area (Å²) >= 11 is 0. The van der Waals surface area contributed by atoms with Gasteiger partial charge in [-0.25, -0.2) is 28.8 Å². The predicted octanol–water partition coefficient (Wildman–Crippen LogP) is 8.42. The molecule has 0 spiro atoms. The molecule has 5 aliphatic rings. The van der Waals surface area contributed by atoms with Gasteiger partial charge in [-0.1, -0.05) is 20.8 Å². The average molecular weight is 1130 g/mol. The Balaban J connectivity index is 1.41. The maximum absolute atomic E-state index is 13.7. The van der Waals surface area contributed by atoms with Crippen molar-refractivity contribution in [1.82, 2.24) is 0 Å². The first-order valence-electron chi connectivity index (χ1n) is 22.5. The molecule has 75 heavy (non-hydrogen) atoms. The van der Waals surface area contributed by atoms with Gasteiger partial charge in [0.2, 0.25) is 12.4 Å². The van der Waals surface area contributed by atoms with Crippen LogP contribution in [-0.4, -0.2) is 128 Å². The number of ether oxygens (including phenoxy) is 8. The molecule has 0 bridgehead atoms. The van der Waals surface area contributed by atoms with Crippen LogP contribution in [0.1, 0.15) is 85.0 Å². The van der Waals surface area contributed by atoms with Gasteiger partial charge in [-0.3, -0.25) is 4.79 Å². The fourth-order valence-corrected chi connectivity index (χ4v) is 11.8. The van der Waals surface area contributed by atoms with Crippen LogP contribution in [0.5, 0.6) is 0 Å². The van der Waals surface area contributed by atoms with E-state index in [0.717, 1.165) is 0 Å². The smallest absolute Gasteiger partial charge is 0.456 e. The molecule has 33 heteroatoms. The van der Waals surface area contributed by atoms with Gasteiger partial charge >= 0.3 is 78.8 Å². The number of esters is 7. The van der Waals surface area contributed by atoms with Gasteiger partial charge in [-0.15, -0.1) is 0 Å². The Hall–Kier alpha value is -5.01. The van der Waals surface area contributed by atoms with Crippen LogP contribution in [0.3, 0.4) is 0 Å². The zero-order valence-electron chi connectivity index (χ0n) is 38.7. The molecule has 0 amide bonds. The largest absolute Gasteiger partial charge is 0.490 e. The highest BCUT2D eigenvalue weighted by Gasteiger charge is 2.66. The lowest BCUT2D eigenvalue weighted by Crippen LogP contribution is -2.64. The van der Waals surface area contributed by atoms with E-state index in [1.807, 2.05) is 0 Å². The molecule has 4 saturated carbocycles. The standard InChI is InChI=1S/C42H44F18O15/c1-15(18-5-6-19-24-20(9-11-36(18,19)3)35(2)10-8-17(69-30(63)38(46,47)48)12-16(35)13-21(24)71-31(64)39(49,50)51)4-7-23(61)72-28-27(75-34(67)42(58,59)60)26(74-33(66)41(55,56)57)25(73-32(65)40(52,53)54)22(70-28)14-68-29(62)37(43,44)45/h15-22,24-28H,4-14H2,1-3H3/t15-,16?,17-,18-,19?,20?,21-,22-,24?,25+,26+,27-,28-,35+,36-/m1/s1. The first kappa shape index (κ1) is 60.9. The lowest BCUT2D eigenvalue weighted by Gasteiger charge is -2.62. The maximum Gasteiger partial charge on any atom is 0.490 e. The molecule has 15 atom stereocenters. The van der Waals surface area contributed by atoms with Crippen molar-refractivity contribution >= 4 is 41.8 Å². The van der Waals surface area contributed by atoms with Gasteiger partial charge in [0, 0.05) is 12.3 Å².